The van der Waals surface area contributed by atoms with Gasteiger partial charge in [0.05, 0.1) is 13.2 Å². The van der Waals surface area contributed by atoms with Crippen LogP contribution in [0.5, 0.6) is 5.75 Å². The lowest BCUT2D eigenvalue weighted by Crippen LogP contribution is -2.19. The van der Waals surface area contributed by atoms with Gasteiger partial charge in [0.1, 0.15) is 5.76 Å². The lowest BCUT2D eigenvalue weighted by Gasteiger charge is -2.11. The third-order valence-corrected chi connectivity index (χ3v) is 3.83. The number of para-hydroxylation sites is 1. The van der Waals surface area contributed by atoms with E-state index in [0.717, 1.165) is 34.9 Å². The van der Waals surface area contributed by atoms with Crippen molar-refractivity contribution < 1.29 is 9.15 Å². The number of hydrogen-bond acceptors (Lipinski definition) is 3. The van der Waals surface area contributed by atoms with Gasteiger partial charge in [0.15, 0.2) is 11.3 Å². The molecule has 1 atom stereocenters. The van der Waals surface area contributed by atoms with E-state index in [-0.39, 0.29) is 6.04 Å². The summed E-state index contributed by atoms with van der Waals surface area (Å²) in [6, 6.07) is 8.30. The fourth-order valence-electron chi connectivity index (χ4n) is 2.53. The number of rotatable bonds is 8. The van der Waals surface area contributed by atoms with E-state index in [1.54, 1.807) is 7.11 Å². The fourth-order valence-corrected chi connectivity index (χ4v) is 2.53. The number of hydrogen-bond donors (Lipinski definition) is 1. The van der Waals surface area contributed by atoms with Gasteiger partial charge in [0.25, 0.3) is 0 Å². The monoisotopic (exact) mass is 289 g/mol. The minimum absolute atomic E-state index is 0.223. The Bertz CT molecular complexity index is 559. The van der Waals surface area contributed by atoms with E-state index in [4.69, 9.17) is 9.15 Å². The van der Waals surface area contributed by atoms with Gasteiger partial charge in [-0.05, 0) is 37.9 Å². The molecule has 0 aliphatic carbocycles. The van der Waals surface area contributed by atoms with Crippen molar-refractivity contribution in [3.8, 4) is 5.75 Å². The van der Waals surface area contributed by atoms with E-state index in [2.05, 4.69) is 38.2 Å². The summed E-state index contributed by atoms with van der Waals surface area (Å²) < 4.78 is 11.3. The van der Waals surface area contributed by atoms with Crippen LogP contribution in [-0.4, -0.2) is 13.7 Å². The van der Waals surface area contributed by atoms with Crippen molar-refractivity contribution in [2.24, 2.45) is 5.92 Å². The zero-order valence-electron chi connectivity index (χ0n) is 13.6. The lowest BCUT2D eigenvalue weighted by atomic mass is 10.1. The molecule has 0 bridgehead atoms. The third-order valence-electron chi connectivity index (χ3n) is 3.83. The molecule has 0 aliphatic heterocycles. The maximum Gasteiger partial charge on any atom is 0.176 e. The predicted octanol–water partition coefficient (Wildman–Crippen LogP) is 4.92. The molecule has 1 heterocycles. The van der Waals surface area contributed by atoms with Crippen LogP contribution in [0.15, 0.2) is 28.7 Å². The molecule has 0 fully saturated rings. The van der Waals surface area contributed by atoms with Gasteiger partial charge in [-0.2, -0.15) is 0 Å². The molecule has 2 rings (SSSR count). The summed E-state index contributed by atoms with van der Waals surface area (Å²) in [4.78, 5) is 0. The van der Waals surface area contributed by atoms with E-state index in [1.807, 2.05) is 12.1 Å². The fraction of sp³-hybridized carbons (Fsp3) is 0.556. The molecule has 0 amide bonds. The molecular weight excluding hydrogens is 262 g/mol. The maximum absolute atomic E-state index is 5.96. The van der Waals surface area contributed by atoms with Crippen molar-refractivity contribution in [3.63, 3.8) is 0 Å². The zero-order valence-corrected chi connectivity index (χ0v) is 13.6. The molecule has 0 saturated carbocycles. The van der Waals surface area contributed by atoms with Gasteiger partial charge in [-0.15, -0.1) is 0 Å². The summed E-state index contributed by atoms with van der Waals surface area (Å²) in [5.74, 6) is 2.56. The Labute approximate surface area is 127 Å². The molecule has 1 N–H and O–H groups in total. The Hall–Kier alpha value is -1.48. The first kappa shape index (κ1) is 15.9. The molecule has 3 heteroatoms. The molecule has 0 aliphatic rings. The van der Waals surface area contributed by atoms with Gasteiger partial charge in [-0.3, -0.25) is 0 Å². The van der Waals surface area contributed by atoms with Crippen LogP contribution in [-0.2, 0) is 0 Å². The van der Waals surface area contributed by atoms with Gasteiger partial charge in [-0.25, -0.2) is 0 Å². The highest BCUT2D eigenvalue weighted by atomic mass is 16.5. The molecule has 116 valence electrons. The molecular formula is C18H27NO2. The van der Waals surface area contributed by atoms with Crippen molar-refractivity contribution in [1.82, 2.24) is 5.32 Å². The molecule has 1 unspecified atom stereocenters. The van der Waals surface area contributed by atoms with Gasteiger partial charge in [-0.1, -0.05) is 38.8 Å². The molecule has 0 spiro atoms. The van der Waals surface area contributed by atoms with Crippen molar-refractivity contribution in [1.29, 1.82) is 0 Å². The van der Waals surface area contributed by atoms with Gasteiger partial charge in [0.2, 0.25) is 0 Å². The predicted molar refractivity (Wildman–Crippen MR) is 87.9 cm³/mol. The highest BCUT2D eigenvalue weighted by Gasteiger charge is 2.13. The van der Waals surface area contributed by atoms with Crippen molar-refractivity contribution in [2.75, 3.05) is 13.7 Å². The second kappa shape index (κ2) is 7.51. The summed E-state index contributed by atoms with van der Waals surface area (Å²) in [5.41, 5.74) is 0.837. The second-order valence-corrected chi connectivity index (χ2v) is 6.09. The van der Waals surface area contributed by atoms with Crippen molar-refractivity contribution in [2.45, 2.75) is 46.1 Å². The average Bonchev–Trinajstić information content (AvgIpc) is 2.90. The molecule has 2 aromatic rings. The maximum atomic E-state index is 5.96. The Morgan fingerprint density at radius 3 is 2.71 bits per heavy atom. The Kier molecular flexibility index (Phi) is 5.68. The van der Waals surface area contributed by atoms with E-state index < -0.39 is 0 Å². The number of fused-ring (bicyclic) bond motifs is 1. The summed E-state index contributed by atoms with van der Waals surface area (Å²) in [5, 5.41) is 4.63. The van der Waals surface area contributed by atoms with Crippen LogP contribution in [0.2, 0.25) is 0 Å². The number of furan rings is 1. The Morgan fingerprint density at radius 1 is 1.19 bits per heavy atom. The molecule has 3 nitrogen and oxygen atoms in total. The van der Waals surface area contributed by atoms with Gasteiger partial charge in [0, 0.05) is 5.39 Å². The number of unbranched alkanes of at least 4 members (excludes halogenated alkanes) is 1. The minimum atomic E-state index is 0.223. The largest absolute Gasteiger partial charge is 0.493 e. The topological polar surface area (TPSA) is 34.4 Å². The summed E-state index contributed by atoms with van der Waals surface area (Å²) in [6.07, 6.45) is 3.80. The number of nitrogens with one attached hydrogen (secondary N) is 1. The molecule has 0 saturated heterocycles. The highest BCUT2D eigenvalue weighted by Crippen LogP contribution is 2.30. The van der Waals surface area contributed by atoms with Crippen LogP contribution in [0.1, 0.15) is 51.8 Å². The SMILES string of the molecule is COc1cccc2cc(C(C)NCCCCC(C)C)oc12. The number of benzene rings is 1. The van der Waals surface area contributed by atoms with Crippen LogP contribution in [0, 0.1) is 5.92 Å². The summed E-state index contributed by atoms with van der Waals surface area (Å²) in [7, 11) is 1.67. The first-order chi connectivity index (χ1) is 10.1. The van der Waals surface area contributed by atoms with Crippen molar-refractivity contribution >= 4 is 11.0 Å². The highest BCUT2D eigenvalue weighted by molar-refractivity contribution is 5.83. The number of ether oxygens (including phenoxy) is 1. The van der Waals surface area contributed by atoms with Crippen LogP contribution in [0.3, 0.4) is 0 Å². The van der Waals surface area contributed by atoms with E-state index in [0.29, 0.717) is 0 Å². The quantitative estimate of drug-likeness (QED) is 0.700. The third kappa shape index (κ3) is 4.24. The van der Waals surface area contributed by atoms with Crippen LogP contribution >= 0.6 is 0 Å². The summed E-state index contributed by atoms with van der Waals surface area (Å²) in [6.45, 7) is 7.73. The normalized spacial score (nSPS) is 13.0. The molecule has 1 aromatic carbocycles. The molecule has 21 heavy (non-hydrogen) atoms. The van der Waals surface area contributed by atoms with Crippen LogP contribution in [0.4, 0.5) is 0 Å². The Morgan fingerprint density at radius 2 is 2.00 bits per heavy atom. The first-order valence-corrected chi connectivity index (χ1v) is 7.91. The molecule has 0 radical (unpaired) electrons. The van der Waals surface area contributed by atoms with Crippen LogP contribution < -0.4 is 10.1 Å². The average molecular weight is 289 g/mol. The summed E-state index contributed by atoms with van der Waals surface area (Å²) >= 11 is 0. The molecule has 1 aromatic heterocycles. The number of methoxy groups -OCH3 is 1. The van der Waals surface area contributed by atoms with Crippen molar-refractivity contribution in [3.05, 3.63) is 30.0 Å². The second-order valence-electron chi connectivity index (χ2n) is 6.09. The van der Waals surface area contributed by atoms with E-state index in [1.165, 1.54) is 19.3 Å². The standard InChI is InChI=1S/C18H27NO2/c1-13(2)8-5-6-11-19-14(3)17-12-15-9-7-10-16(20-4)18(15)21-17/h7,9-10,12-14,19H,5-6,8,11H2,1-4H3. The zero-order chi connectivity index (χ0) is 15.2. The minimum Gasteiger partial charge on any atom is -0.493 e. The smallest absolute Gasteiger partial charge is 0.176 e. The first-order valence-electron chi connectivity index (χ1n) is 7.91. The van der Waals surface area contributed by atoms with Crippen LogP contribution in [0.25, 0.3) is 11.0 Å². The van der Waals surface area contributed by atoms with Gasteiger partial charge >= 0.3 is 0 Å². The van der Waals surface area contributed by atoms with E-state index >= 15 is 0 Å². The van der Waals surface area contributed by atoms with E-state index in [9.17, 15) is 0 Å². The lowest BCUT2D eigenvalue weighted by molar-refractivity contribution is 0.398. The van der Waals surface area contributed by atoms with Gasteiger partial charge < -0.3 is 14.5 Å². The Balaban J connectivity index is 1.92.